The maximum atomic E-state index is 11.7. The minimum Gasteiger partial charge on any atom is -0.335 e. The number of hydrogen-bond acceptors (Lipinski definition) is 3. The number of imidazole rings is 1. The molecule has 0 bridgehead atoms. The first-order chi connectivity index (χ1) is 8.61. The first-order valence-electron chi connectivity index (χ1n) is 6.58. The fraction of sp³-hybridized carbons (Fsp3) is 0.750. The van der Waals surface area contributed by atoms with Gasteiger partial charge in [-0.1, -0.05) is 13.3 Å². The van der Waals surface area contributed by atoms with Crippen LogP contribution in [0.1, 0.15) is 32.0 Å². The van der Waals surface area contributed by atoms with Crippen molar-refractivity contribution < 1.29 is 8.42 Å². The molecule has 0 spiro atoms. The number of nitrogens with zero attached hydrogens (tertiary/aromatic N) is 2. The first kappa shape index (κ1) is 13.5. The molecular formula is C12H21N3O2S. The smallest absolute Gasteiger partial charge is 0.211 e. The number of sulfonamides is 1. The van der Waals surface area contributed by atoms with Gasteiger partial charge in [0.05, 0.1) is 5.75 Å². The summed E-state index contributed by atoms with van der Waals surface area (Å²) in [5, 5.41) is 0. The van der Waals surface area contributed by atoms with E-state index in [1.165, 1.54) is 0 Å². The van der Waals surface area contributed by atoms with Crippen molar-refractivity contribution in [2.45, 2.75) is 39.2 Å². The van der Waals surface area contributed by atoms with E-state index in [9.17, 15) is 8.42 Å². The van der Waals surface area contributed by atoms with Gasteiger partial charge in [-0.15, -0.1) is 0 Å². The van der Waals surface area contributed by atoms with Crippen LogP contribution in [0, 0.1) is 5.92 Å². The highest BCUT2D eigenvalue weighted by Gasteiger charge is 2.20. The molecule has 0 saturated carbocycles. The summed E-state index contributed by atoms with van der Waals surface area (Å²) < 4.78 is 28.2. The summed E-state index contributed by atoms with van der Waals surface area (Å²) >= 11 is 0. The second-order valence-corrected chi connectivity index (χ2v) is 6.85. The van der Waals surface area contributed by atoms with Gasteiger partial charge in [0.15, 0.2) is 0 Å². The van der Waals surface area contributed by atoms with Crippen LogP contribution in [0.2, 0.25) is 0 Å². The third-order valence-corrected chi connectivity index (χ3v) is 4.82. The molecule has 1 atom stereocenters. The molecule has 5 nitrogen and oxygen atoms in total. The van der Waals surface area contributed by atoms with E-state index in [1.807, 2.05) is 19.3 Å². The van der Waals surface area contributed by atoms with Crippen LogP contribution < -0.4 is 4.72 Å². The van der Waals surface area contributed by atoms with Crippen molar-refractivity contribution in [2.75, 3.05) is 12.3 Å². The Morgan fingerprint density at radius 2 is 2.39 bits per heavy atom. The standard InChI is InChI=1S/C12H21N3O2S/c1-2-3-8-18(16,17)14-9-11-4-5-12-13-6-7-15(12)10-11/h6-7,11,14H,2-5,8-10H2,1H3/t11-/m1/s1. The van der Waals surface area contributed by atoms with Crippen molar-refractivity contribution in [1.29, 1.82) is 0 Å². The Morgan fingerprint density at radius 1 is 1.56 bits per heavy atom. The summed E-state index contributed by atoms with van der Waals surface area (Å²) in [6.45, 7) is 3.41. The molecule has 0 saturated heterocycles. The molecule has 0 radical (unpaired) electrons. The van der Waals surface area contributed by atoms with E-state index in [4.69, 9.17) is 0 Å². The van der Waals surface area contributed by atoms with E-state index in [1.54, 1.807) is 0 Å². The molecule has 1 aliphatic heterocycles. The lowest BCUT2D eigenvalue weighted by Crippen LogP contribution is -2.34. The van der Waals surface area contributed by atoms with Crippen LogP contribution in [0.25, 0.3) is 0 Å². The number of aryl methyl sites for hydroxylation is 1. The van der Waals surface area contributed by atoms with Crippen LogP contribution in [-0.2, 0) is 23.0 Å². The predicted molar refractivity (Wildman–Crippen MR) is 70.7 cm³/mol. The second-order valence-electron chi connectivity index (χ2n) is 4.92. The molecular weight excluding hydrogens is 250 g/mol. The van der Waals surface area contributed by atoms with E-state index in [-0.39, 0.29) is 5.75 Å². The molecule has 0 fully saturated rings. The first-order valence-corrected chi connectivity index (χ1v) is 8.23. The average molecular weight is 271 g/mol. The van der Waals surface area contributed by atoms with Crippen molar-refractivity contribution >= 4 is 10.0 Å². The molecule has 0 amide bonds. The third-order valence-electron chi connectivity index (χ3n) is 3.39. The predicted octanol–water partition coefficient (Wildman–Crippen LogP) is 1.16. The summed E-state index contributed by atoms with van der Waals surface area (Å²) in [6, 6.07) is 0. The van der Waals surface area contributed by atoms with Crippen molar-refractivity contribution in [3.05, 3.63) is 18.2 Å². The molecule has 1 aromatic heterocycles. The SMILES string of the molecule is CCCCS(=O)(=O)NC[C@H]1CCc2nccn2C1. The van der Waals surface area contributed by atoms with E-state index in [2.05, 4.69) is 14.3 Å². The largest absolute Gasteiger partial charge is 0.335 e. The normalized spacial score (nSPS) is 19.7. The van der Waals surface area contributed by atoms with Crippen LogP contribution in [0.4, 0.5) is 0 Å². The summed E-state index contributed by atoms with van der Waals surface area (Å²) in [6.07, 6.45) is 7.35. The van der Waals surface area contributed by atoms with Gasteiger partial charge in [0.25, 0.3) is 0 Å². The van der Waals surface area contributed by atoms with Crippen LogP contribution >= 0.6 is 0 Å². The van der Waals surface area contributed by atoms with Gasteiger partial charge in [0, 0.05) is 31.9 Å². The Kier molecular flexibility index (Phi) is 4.40. The molecule has 1 aromatic rings. The van der Waals surface area contributed by atoms with Gasteiger partial charge in [-0.2, -0.15) is 0 Å². The van der Waals surface area contributed by atoms with Gasteiger partial charge in [-0.25, -0.2) is 18.1 Å². The van der Waals surface area contributed by atoms with Crippen molar-refractivity contribution in [3.63, 3.8) is 0 Å². The molecule has 0 aliphatic carbocycles. The Hall–Kier alpha value is -0.880. The Bertz CT molecular complexity index is 481. The lowest BCUT2D eigenvalue weighted by atomic mass is 10.00. The van der Waals surface area contributed by atoms with Gasteiger partial charge in [0.1, 0.15) is 5.82 Å². The minimum absolute atomic E-state index is 0.243. The van der Waals surface area contributed by atoms with Crippen LogP contribution in [0.3, 0.4) is 0 Å². The van der Waals surface area contributed by atoms with Crippen LogP contribution in [-0.4, -0.2) is 30.3 Å². The number of hydrogen-bond donors (Lipinski definition) is 1. The number of unbranched alkanes of at least 4 members (excludes halogenated alkanes) is 1. The fourth-order valence-electron chi connectivity index (χ4n) is 2.26. The van der Waals surface area contributed by atoms with Crippen molar-refractivity contribution in [1.82, 2.24) is 14.3 Å². The van der Waals surface area contributed by atoms with Crippen molar-refractivity contribution in [2.24, 2.45) is 5.92 Å². The molecule has 0 unspecified atom stereocenters. The summed E-state index contributed by atoms with van der Waals surface area (Å²) in [5.74, 6) is 1.73. The van der Waals surface area contributed by atoms with Gasteiger partial charge < -0.3 is 4.57 Å². The highest BCUT2D eigenvalue weighted by atomic mass is 32.2. The molecule has 102 valence electrons. The Balaban J connectivity index is 1.82. The van der Waals surface area contributed by atoms with E-state index >= 15 is 0 Å². The van der Waals surface area contributed by atoms with Gasteiger partial charge in [0.2, 0.25) is 10.0 Å². The minimum atomic E-state index is -3.08. The van der Waals surface area contributed by atoms with Gasteiger partial charge in [-0.3, -0.25) is 0 Å². The number of nitrogens with one attached hydrogen (secondary N) is 1. The molecule has 2 rings (SSSR count). The van der Waals surface area contributed by atoms with E-state index in [0.717, 1.165) is 38.1 Å². The van der Waals surface area contributed by atoms with Crippen LogP contribution in [0.15, 0.2) is 12.4 Å². The molecule has 1 aliphatic rings. The number of aromatic nitrogens is 2. The summed E-state index contributed by atoms with van der Waals surface area (Å²) in [7, 11) is -3.08. The lowest BCUT2D eigenvalue weighted by molar-refractivity contribution is 0.363. The topological polar surface area (TPSA) is 64.0 Å². The third kappa shape index (κ3) is 3.55. The highest BCUT2D eigenvalue weighted by molar-refractivity contribution is 7.89. The average Bonchev–Trinajstić information content (AvgIpc) is 2.81. The monoisotopic (exact) mass is 271 g/mol. The number of fused-ring (bicyclic) bond motifs is 1. The maximum absolute atomic E-state index is 11.7. The molecule has 1 N–H and O–H groups in total. The zero-order chi connectivity index (χ0) is 13.0. The summed E-state index contributed by atoms with van der Waals surface area (Å²) in [4.78, 5) is 4.26. The second kappa shape index (κ2) is 5.84. The lowest BCUT2D eigenvalue weighted by Gasteiger charge is -2.23. The molecule has 0 aromatic carbocycles. The van der Waals surface area contributed by atoms with Crippen LogP contribution in [0.5, 0.6) is 0 Å². The van der Waals surface area contributed by atoms with E-state index in [0.29, 0.717) is 12.5 Å². The Morgan fingerprint density at radius 3 is 3.17 bits per heavy atom. The zero-order valence-electron chi connectivity index (χ0n) is 10.8. The fourth-order valence-corrected chi connectivity index (χ4v) is 3.56. The maximum Gasteiger partial charge on any atom is 0.211 e. The van der Waals surface area contributed by atoms with Gasteiger partial charge in [-0.05, 0) is 18.8 Å². The van der Waals surface area contributed by atoms with Crippen molar-refractivity contribution in [3.8, 4) is 0 Å². The van der Waals surface area contributed by atoms with E-state index < -0.39 is 10.0 Å². The number of rotatable bonds is 6. The summed E-state index contributed by atoms with van der Waals surface area (Å²) in [5.41, 5.74) is 0. The molecule has 18 heavy (non-hydrogen) atoms. The highest BCUT2D eigenvalue weighted by Crippen LogP contribution is 2.18. The molecule has 6 heteroatoms. The quantitative estimate of drug-likeness (QED) is 0.844. The Labute approximate surface area is 109 Å². The molecule has 2 heterocycles. The zero-order valence-corrected chi connectivity index (χ0v) is 11.6. The van der Waals surface area contributed by atoms with Gasteiger partial charge >= 0.3 is 0 Å².